The number of esters is 1. The van der Waals surface area contributed by atoms with E-state index in [0.29, 0.717) is 12.2 Å². The van der Waals surface area contributed by atoms with E-state index in [1.807, 2.05) is 24.3 Å². The van der Waals surface area contributed by atoms with Crippen LogP contribution in [0.25, 0.3) is 11.1 Å². The Morgan fingerprint density at radius 2 is 1.77 bits per heavy atom. The molecule has 1 N–H and O–H groups in total. The number of rotatable bonds is 10. The molecule has 0 spiro atoms. The highest BCUT2D eigenvalue weighted by molar-refractivity contribution is 7.90. The molecule has 0 atom stereocenters. The summed E-state index contributed by atoms with van der Waals surface area (Å²) in [5, 5.41) is 10.4. The second-order valence-electron chi connectivity index (χ2n) is 9.86. The minimum Gasteiger partial charge on any atom is -0.507 e. The van der Waals surface area contributed by atoms with Crippen LogP contribution in [0.5, 0.6) is 11.5 Å². The smallest absolute Gasteiger partial charge is 0.341 e. The molecule has 2 heterocycles. The van der Waals surface area contributed by atoms with Crippen molar-refractivity contribution in [3.8, 4) is 22.6 Å². The monoisotopic (exact) mass is 551 g/mol. The zero-order valence-electron chi connectivity index (χ0n) is 21.8. The normalized spacial score (nSPS) is 15.5. The number of hydrogen-bond acceptors (Lipinski definition) is 8. The van der Waals surface area contributed by atoms with Crippen molar-refractivity contribution in [1.29, 1.82) is 0 Å². The first-order chi connectivity index (χ1) is 18.9. The van der Waals surface area contributed by atoms with Gasteiger partial charge >= 0.3 is 5.97 Å². The molecule has 0 bridgehead atoms. The predicted octanol–water partition coefficient (Wildman–Crippen LogP) is 4.24. The van der Waals surface area contributed by atoms with Gasteiger partial charge in [-0.2, -0.15) is 0 Å². The van der Waals surface area contributed by atoms with Gasteiger partial charge in [0.1, 0.15) is 17.1 Å². The number of nitrogens with zero attached hydrogens (tertiary/aromatic N) is 1. The van der Waals surface area contributed by atoms with Gasteiger partial charge in [0.2, 0.25) is 0 Å². The zero-order chi connectivity index (χ0) is 27.2. The average Bonchev–Trinajstić information content (AvgIpc) is 3.41. The van der Waals surface area contributed by atoms with Crippen molar-refractivity contribution in [1.82, 2.24) is 4.90 Å². The topological polar surface area (TPSA) is 102 Å². The average molecular weight is 552 g/mol. The molecular formula is C30H33NO7S. The fraction of sp³-hybridized carbons (Fsp3) is 0.367. The third-order valence-corrected chi connectivity index (χ3v) is 8.75. The summed E-state index contributed by atoms with van der Waals surface area (Å²) in [5.41, 5.74) is 3.25. The Labute approximate surface area is 229 Å². The van der Waals surface area contributed by atoms with Crippen molar-refractivity contribution in [2.75, 3.05) is 46.1 Å². The Balaban J connectivity index is 1.18. The van der Waals surface area contributed by atoms with Crippen molar-refractivity contribution in [3.63, 3.8) is 0 Å². The molecular weight excluding hydrogens is 518 g/mol. The molecule has 8 nitrogen and oxygen atoms in total. The third-order valence-electron chi connectivity index (χ3n) is 7.06. The molecule has 3 aromatic rings. The maximum absolute atomic E-state index is 13.2. The summed E-state index contributed by atoms with van der Waals surface area (Å²) in [6, 6.07) is 17.0. The number of morpholine rings is 1. The molecule has 2 aliphatic rings. The molecule has 0 aromatic heterocycles. The summed E-state index contributed by atoms with van der Waals surface area (Å²) < 4.78 is 42.7. The minimum atomic E-state index is -3.70. The lowest BCUT2D eigenvalue weighted by atomic mass is 10.0. The van der Waals surface area contributed by atoms with Crippen LogP contribution < -0.4 is 4.74 Å². The first-order valence-electron chi connectivity index (χ1n) is 13.3. The molecule has 0 amide bonds. The number of phenolic OH excluding ortho intramolecular Hbond substituents is 1. The first kappa shape index (κ1) is 27.2. The number of hydrogen-bond donors (Lipinski definition) is 1. The molecule has 9 heteroatoms. The van der Waals surface area contributed by atoms with E-state index in [0.717, 1.165) is 74.6 Å². The second-order valence-corrected chi connectivity index (χ2v) is 11.8. The maximum atomic E-state index is 13.2. The highest BCUT2D eigenvalue weighted by Gasteiger charge is 2.20. The molecule has 206 valence electrons. The summed E-state index contributed by atoms with van der Waals surface area (Å²) >= 11 is 0. The van der Waals surface area contributed by atoms with E-state index in [-0.39, 0.29) is 28.6 Å². The van der Waals surface area contributed by atoms with Crippen LogP contribution in [0, 0.1) is 0 Å². The summed E-state index contributed by atoms with van der Waals surface area (Å²) in [6.07, 6.45) is 2.46. The van der Waals surface area contributed by atoms with Crippen molar-refractivity contribution >= 4 is 15.8 Å². The number of benzene rings is 3. The summed E-state index contributed by atoms with van der Waals surface area (Å²) in [6.45, 7) is 5.20. The molecule has 39 heavy (non-hydrogen) atoms. The third kappa shape index (κ3) is 6.79. The molecule has 3 aromatic carbocycles. The molecule has 1 fully saturated rings. The van der Waals surface area contributed by atoms with E-state index in [1.165, 1.54) is 18.2 Å². The molecule has 1 saturated heterocycles. The van der Waals surface area contributed by atoms with Crippen molar-refractivity contribution in [2.45, 2.75) is 29.9 Å². The summed E-state index contributed by atoms with van der Waals surface area (Å²) in [7, 11) is -3.70. The number of phenols is 1. The van der Waals surface area contributed by atoms with Crippen molar-refractivity contribution in [2.24, 2.45) is 0 Å². The number of carbonyl (C=O) groups is 1. The van der Waals surface area contributed by atoms with E-state index >= 15 is 0 Å². The van der Waals surface area contributed by atoms with Crippen LogP contribution in [-0.2, 0) is 31.5 Å². The molecule has 0 radical (unpaired) electrons. The van der Waals surface area contributed by atoms with Crippen LogP contribution in [0.4, 0.5) is 0 Å². The number of fused-ring (bicyclic) bond motifs is 1. The van der Waals surface area contributed by atoms with Gasteiger partial charge in [-0.25, -0.2) is 13.2 Å². The summed E-state index contributed by atoms with van der Waals surface area (Å²) in [4.78, 5) is 15.0. The van der Waals surface area contributed by atoms with Crippen LogP contribution >= 0.6 is 0 Å². The molecule has 2 aliphatic heterocycles. The lowest BCUT2D eigenvalue weighted by Crippen LogP contribution is -2.36. The van der Waals surface area contributed by atoms with Gasteiger partial charge in [0.15, 0.2) is 9.84 Å². The largest absolute Gasteiger partial charge is 0.507 e. The fourth-order valence-electron chi connectivity index (χ4n) is 4.88. The first-order valence-corrected chi connectivity index (χ1v) is 14.9. The van der Waals surface area contributed by atoms with Crippen molar-refractivity contribution < 1.29 is 32.5 Å². The van der Waals surface area contributed by atoms with E-state index in [1.54, 1.807) is 18.2 Å². The lowest BCUT2D eigenvalue weighted by Gasteiger charge is -2.26. The zero-order valence-corrected chi connectivity index (χ0v) is 22.6. The molecule has 0 aliphatic carbocycles. The van der Waals surface area contributed by atoms with Crippen LogP contribution in [0.15, 0.2) is 65.6 Å². The van der Waals surface area contributed by atoms with Crippen LogP contribution in [-0.4, -0.2) is 70.5 Å². The Kier molecular flexibility index (Phi) is 8.50. The number of sulfone groups is 1. The molecule has 0 saturated carbocycles. The highest BCUT2D eigenvalue weighted by Crippen LogP contribution is 2.32. The second kappa shape index (κ2) is 12.2. The Bertz CT molecular complexity index is 1430. The van der Waals surface area contributed by atoms with Gasteiger partial charge in [-0.15, -0.1) is 0 Å². The standard InChI is InChI=1S/C30H33NO7S/c32-28-18-22(6-8-27(28)30(33)38-14-2-1-11-31-12-16-36-17-13-31)21-39(34,35)26-5-3-4-23(20-26)24-7-9-29-25(19-24)10-15-37-29/h3-9,18-20,32H,1-2,10-17,21H2. The Hall–Kier alpha value is -3.40. The highest BCUT2D eigenvalue weighted by atomic mass is 32.2. The van der Waals surface area contributed by atoms with Crippen LogP contribution in [0.3, 0.4) is 0 Å². The van der Waals surface area contributed by atoms with E-state index < -0.39 is 15.8 Å². The van der Waals surface area contributed by atoms with Gasteiger partial charge in [0.25, 0.3) is 0 Å². The molecule has 0 unspecified atom stereocenters. The lowest BCUT2D eigenvalue weighted by molar-refractivity contribution is 0.0348. The molecule has 5 rings (SSSR count). The van der Waals surface area contributed by atoms with Gasteiger partial charge in [0, 0.05) is 19.5 Å². The van der Waals surface area contributed by atoms with E-state index in [2.05, 4.69) is 4.90 Å². The van der Waals surface area contributed by atoms with Crippen LogP contribution in [0.2, 0.25) is 0 Å². The van der Waals surface area contributed by atoms with Gasteiger partial charge in [-0.1, -0.05) is 24.3 Å². The Morgan fingerprint density at radius 1 is 0.949 bits per heavy atom. The minimum absolute atomic E-state index is 0.0203. The quantitative estimate of drug-likeness (QED) is 0.295. The van der Waals surface area contributed by atoms with Gasteiger partial charge < -0.3 is 19.3 Å². The maximum Gasteiger partial charge on any atom is 0.341 e. The number of carbonyl (C=O) groups excluding carboxylic acids is 1. The summed E-state index contributed by atoms with van der Waals surface area (Å²) in [5.74, 6) is -0.354. The SMILES string of the molecule is O=C(OCCCCN1CCOCC1)c1ccc(CS(=O)(=O)c2cccc(-c3ccc4c(c3)CCO4)c2)cc1O. The number of aromatic hydroxyl groups is 1. The number of unbranched alkanes of at least 4 members (excludes halogenated alkanes) is 1. The van der Waals surface area contributed by atoms with E-state index in [9.17, 15) is 18.3 Å². The number of ether oxygens (including phenoxy) is 3. The van der Waals surface area contributed by atoms with Gasteiger partial charge in [0.05, 0.1) is 37.1 Å². The van der Waals surface area contributed by atoms with Gasteiger partial charge in [-0.3, -0.25) is 4.90 Å². The predicted molar refractivity (Wildman–Crippen MR) is 147 cm³/mol. The Morgan fingerprint density at radius 3 is 2.59 bits per heavy atom. The van der Waals surface area contributed by atoms with Crippen molar-refractivity contribution in [3.05, 3.63) is 77.4 Å². The fourth-order valence-corrected chi connectivity index (χ4v) is 6.26. The van der Waals surface area contributed by atoms with E-state index in [4.69, 9.17) is 14.2 Å². The van der Waals surface area contributed by atoms with Crippen LogP contribution in [0.1, 0.15) is 34.3 Å². The van der Waals surface area contributed by atoms with Gasteiger partial charge in [-0.05, 0) is 78.0 Å².